The fourth-order valence-corrected chi connectivity index (χ4v) is 5.21. The molecule has 144 valence electrons. The van der Waals surface area contributed by atoms with Gasteiger partial charge in [-0.05, 0) is 36.5 Å². The van der Waals surface area contributed by atoms with Crippen LogP contribution < -0.4 is 0 Å². The van der Waals surface area contributed by atoms with Gasteiger partial charge in [-0.2, -0.15) is 0 Å². The summed E-state index contributed by atoms with van der Waals surface area (Å²) in [7, 11) is 0. The normalized spacial score (nSPS) is 30.6. The molecule has 1 N–H and O–H groups in total. The van der Waals surface area contributed by atoms with Crippen molar-refractivity contribution >= 4 is 5.97 Å². The number of unbranched alkanes of at least 4 members (excludes halogenated alkanes) is 1. The molecule has 25 heavy (non-hydrogen) atoms. The molecule has 0 saturated heterocycles. The summed E-state index contributed by atoms with van der Waals surface area (Å²) >= 11 is 0. The van der Waals surface area contributed by atoms with Gasteiger partial charge in [-0.25, -0.2) is 4.79 Å². The number of hydrogen-bond donors (Lipinski definition) is 1. The molecule has 2 aliphatic rings. The SMILES string of the molecule is CCC[C@H]1CC[C@H](CC[C@H]2CC[C@H](CCC/C=C/C(=O)O)CC2)CC1. The van der Waals surface area contributed by atoms with Crippen molar-refractivity contribution in [3.63, 3.8) is 0 Å². The Hall–Kier alpha value is -0.790. The summed E-state index contributed by atoms with van der Waals surface area (Å²) in [5.74, 6) is 3.16. The number of carboxylic acid groups (broad SMARTS) is 1. The van der Waals surface area contributed by atoms with Crippen molar-refractivity contribution < 1.29 is 9.90 Å². The Morgan fingerprint density at radius 2 is 1.24 bits per heavy atom. The zero-order valence-corrected chi connectivity index (χ0v) is 16.4. The largest absolute Gasteiger partial charge is 0.478 e. The van der Waals surface area contributed by atoms with Crippen molar-refractivity contribution in [3.8, 4) is 0 Å². The molecule has 2 rings (SSSR count). The maximum Gasteiger partial charge on any atom is 0.327 e. The quantitative estimate of drug-likeness (QED) is 0.341. The molecule has 2 nitrogen and oxygen atoms in total. The van der Waals surface area contributed by atoms with Crippen LogP contribution in [0.1, 0.15) is 103 Å². The molecular formula is C23H40O2. The Balaban J connectivity index is 1.50. The molecule has 0 amide bonds. The molecule has 2 heteroatoms. The van der Waals surface area contributed by atoms with Gasteiger partial charge in [0.25, 0.3) is 0 Å². The summed E-state index contributed by atoms with van der Waals surface area (Å²) < 4.78 is 0. The second-order valence-electron chi connectivity index (χ2n) is 8.81. The Morgan fingerprint density at radius 3 is 1.68 bits per heavy atom. The van der Waals surface area contributed by atoms with Crippen LogP contribution >= 0.6 is 0 Å². The first-order chi connectivity index (χ1) is 12.2. The van der Waals surface area contributed by atoms with E-state index in [9.17, 15) is 4.79 Å². The standard InChI is InChI=1S/C23H40O2/c1-2-6-19-9-13-21(14-10-19)17-18-22-15-11-20(12-16-22)7-4-3-5-8-23(24)25/h5,8,19-22H,2-4,6-7,9-18H2,1H3,(H,24,25)/b8-5+/t19-,20-,21-,22-. The molecule has 0 bridgehead atoms. The highest BCUT2D eigenvalue weighted by atomic mass is 16.4. The van der Waals surface area contributed by atoms with Gasteiger partial charge in [-0.1, -0.05) is 96.5 Å². The van der Waals surface area contributed by atoms with E-state index in [0.29, 0.717) is 0 Å². The zero-order valence-electron chi connectivity index (χ0n) is 16.4. The van der Waals surface area contributed by atoms with E-state index in [1.165, 1.54) is 89.5 Å². The third kappa shape index (κ3) is 8.42. The van der Waals surface area contributed by atoms with Gasteiger partial charge in [-0.3, -0.25) is 0 Å². The molecule has 0 heterocycles. The van der Waals surface area contributed by atoms with E-state index in [-0.39, 0.29) is 0 Å². The molecule has 0 spiro atoms. The van der Waals surface area contributed by atoms with Gasteiger partial charge < -0.3 is 5.11 Å². The zero-order chi connectivity index (χ0) is 17.9. The number of carboxylic acids is 1. The molecule has 0 aliphatic heterocycles. The topological polar surface area (TPSA) is 37.3 Å². The van der Waals surface area contributed by atoms with Crippen molar-refractivity contribution in [2.45, 2.75) is 103 Å². The summed E-state index contributed by atoms with van der Waals surface area (Å²) in [4.78, 5) is 10.4. The van der Waals surface area contributed by atoms with Crippen molar-refractivity contribution in [2.24, 2.45) is 23.7 Å². The van der Waals surface area contributed by atoms with Crippen LogP contribution in [-0.4, -0.2) is 11.1 Å². The van der Waals surface area contributed by atoms with Gasteiger partial charge >= 0.3 is 5.97 Å². The third-order valence-corrected chi connectivity index (χ3v) is 6.86. The Labute approximate surface area is 155 Å². The van der Waals surface area contributed by atoms with Crippen LogP contribution in [-0.2, 0) is 4.79 Å². The average Bonchev–Trinajstić information content (AvgIpc) is 2.62. The Kier molecular flexibility index (Phi) is 9.65. The van der Waals surface area contributed by atoms with Gasteiger partial charge in [-0.15, -0.1) is 0 Å². The maximum absolute atomic E-state index is 10.4. The van der Waals surface area contributed by atoms with E-state index in [1.807, 2.05) is 6.08 Å². The smallest absolute Gasteiger partial charge is 0.327 e. The Morgan fingerprint density at radius 1 is 0.800 bits per heavy atom. The Bertz CT molecular complexity index is 385. The molecule has 0 aromatic carbocycles. The lowest BCUT2D eigenvalue weighted by atomic mass is 9.74. The highest BCUT2D eigenvalue weighted by molar-refractivity contribution is 5.79. The minimum atomic E-state index is -0.820. The van der Waals surface area contributed by atoms with E-state index in [4.69, 9.17) is 5.11 Å². The third-order valence-electron chi connectivity index (χ3n) is 6.86. The summed E-state index contributed by atoms with van der Waals surface area (Å²) in [5, 5.41) is 8.59. The molecular weight excluding hydrogens is 308 g/mol. The number of allylic oxidation sites excluding steroid dienone is 1. The molecule has 0 atom stereocenters. The van der Waals surface area contributed by atoms with Gasteiger partial charge in [0, 0.05) is 6.08 Å². The van der Waals surface area contributed by atoms with Gasteiger partial charge in [0.1, 0.15) is 0 Å². The van der Waals surface area contributed by atoms with Crippen molar-refractivity contribution in [2.75, 3.05) is 0 Å². The van der Waals surface area contributed by atoms with Crippen molar-refractivity contribution in [1.29, 1.82) is 0 Å². The first kappa shape index (κ1) is 20.5. The van der Waals surface area contributed by atoms with Crippen LogP contribution in [0.15, 0.2) is 12.2 Å². The molecule has 0 unspecified atom stereocenters. The van der Waals surface area contributed by atoms with Gasteiger partial charge in [0.05, 0.1) is 0 Å². The molecule has 0 radical (unpaired) electrons. The fourth-order valence-electron chi connectivity index (χ4n) is 5.21. The van der Waals surface area contributed by atoms with Crippen LogP contribution in [0.4, 0.5) is 0 Å². The van der Waals surface area contributed by atoms with Crippen molar-refractivity contribution in [3.05, 3.63) is 12.2 Å². The molecule has 2 fully saturated rings. The van der Waals surface area contributed by atoms with E-state index in [2.05, 4.69) is 6.92 Å². The van der Waals surface area contributed by atoms with Crippen LogP contribution in [0.5, 0.6) is 0 Å². The van der Waals surface area contributed by atoms with E-state index < -0.39 is 5.97 Å². The second kappa shape index (κ2) is 11.8. The van der Waals surface area contributed by atoms with Crippen LogP contribution in [0.3, 0.4) is 0 Å². The highest BCUT2D eigenvalue weighted by Crippen LogP contribution is 2.38. The summed E-state index contributed by atoms with van der Waals surface area (Å²) in [6.45, 7) is 2.33. The lowest BCUT2D eigenvalue weighted by molar-refractivity contribution is -0.131. The average molecular weight is 349 g/mol. The first-order valence-corrected chi connectivity index (χ1v) is 11.1. The summed E-state index contributed by atoms with van der Waals surface area (Å²) in [6.07, 6.45) is 24.0. The van der Waals surface area contributed by atoms with Gasteiger partial charge in [0.2, 0.25) is 0 Å². The van der Waals surface area contributed by atoms with Crippen LogP contribution in [0.2, 0.25) is 0 Å². The highest BCUT2D eigenvalue weighted by Gasteiger charge is 2.24. The van der Waals surface area contributed by atoms with E-state index >= 15 is 0 Å². The minimum Gasteiger partial charge on any atom is -0.478 e. The van der Waals surface area contributed by atoms with E-state index in [1.54, 1.807) is 0 Å². The predicted molar refractivity (Wildman–Crippen MR) is 106 cm³/mol. The summed E-state index contributed by atoms with van der Waals surface area (Å²) in [5.41, 5.74) is 0. The lowest BCUT2D eigenvalue weighted by Gasteiger charge is -2.32. The fraction of sp³-hybridized carbons (Fsp3) is 0.870. The molecule has 2 aliphatic carbocycles. The molecule has 0 aromatic rings. The molecule has 2 saturated carbocycles. The molecule has 0 aromatic heterocycles. The number of aliphatic carboxylic acids is 1. The van der Waals surface area contributed by atoms with Crippen molar-refractivity contribution in [1.82, 2.24) is 0 Å². The number of rotatable bonds is 10. The predicted octanol–water partition coefficient (Wildman–Crippen LogP) is 6.99. The number of carbonyl (C=O) groups is 1. The van der Waals surface area contributed by atoms with Crippen LogP contribution in [0, 0.1) is 23.7 Å². The van der Waals surface area contributed by atoms with Crippen LogP contribution in [0.25, 0.3) is 0 Å². The minimum absolute atomic E-state index is 0.820. The van der Waals surface area contributed by atoms with Gasteiger partial charge in [0.15, 0.2) is 0 Å². The number of hydrogen-bond acceptors (Lipinski definition) is 1. The lowest BCUT2D eigenvalue weighted by Crippen LogP contribution is -2.18. The first-order valence-electron chi connectivity index (χ1n) is 11.1. The second-order valence-corrected chi connectivity index (χ2v) is 8.81. The summed E-state index contributed by atoms with van der Waals surface area (Å²) in [6, 6.07) is 0. The monoisotopic (exact) mass is 348 g/mol. The van der Waals surface area contributed by atoms with E-state index in [0.717, 1.165) is 36.5 Å². The maximum atomic E-state index is 10.4.